The summed E-state index contributed by atoms with van der Waals surface area (Å²) in [6.07, 6.45) is 0.902. The van der Waals surface area contributed by atoms with Gasteiger partial charge < -0.3 is 16.0 Å². The van der Waals surface area contributed by atoms with Gasteiger partial charge in [-0.3, -0.25) is 4.99 Å². The minimum atomic E-state index is 0.150. The van der Waals surface area contributed by atoms with Crippen LogP contribution in [-0.2, 0) is 6.54 Å². The number of nitrogens with two attached hydrogens (primary N) is 2. The van der Waals surface area contributed by atoms with E-state index < -0.39 is 0 Å². The first-order valence-corrected chi connectivity index (χ1v) is 5.66. The summed E-state index contributed by atoms with van der Waals surface area (Å²) >= 11 is 0. The zero-order valence-electron chi connectivity index (χ0n) is 9.93. The number of nitrogens with zero attached hydrogens (tertiary/aromatic N) is 3. The zero-order valence-corrected chi connectivity index (χ0v) is 9.93. The van der Waals surface area contributed by atoms with E-state index in [9.17, 15) is 0 Å². The SMILES string of the molecule is Cc1nc2ccccc2n1CCCN=C(N)N. The molecule has 5 heteroatoms. The number of hydrogen-bond acceptors (Lipinski definition) is 2. The molecule has 0 spiro atoms. The van der Waals surface area contributed by atoms with Gasteiger partial charge in [0.05, 0.1) is 11.0 Å². The van der Waals surface area contributed by atoms with Crippen LogP contribution < -0.4 is 11.5 Å². The number of aliphatic imine (C=N–C) groups is 1. The van der Waals surface area contributed by atoms with Crippen molar-refractivity contribution in [2.75, 3.05) is 6.54 Å². The molecule has 2 rings (SSSR count). The van der Waals surface area contributed by atoms with Crippen LogP contribution in [0, 0.1) is 6.92 Å². The third-order valence-corrected chi connectivity index (χ3v) is 2.68. The molecule has 0 unspecified atom stereocenters. The van der Waals surface area contributed by atoms with Crippen LogP contribution in [0.4, 0.5) is 0 Å². The van der Waals surface area contributed by atoms with Crippen molar-refractivity contribution in [3.8, 4) is 0 Å². The maximum atomic E-state index is 5.28. The molecule has 90 valence electrons. The van der Waals surface area contributed by atoms with Crippen molar-refractivity contribution in [1.82, 2.24) is 9.55 Å². The predicted molar refractivity (Wildman–Crippen MR) is 69.8 cm³/mol. The van der Waals surface area contributed by atoms with Crippen LogP contribution in [0.25, 0.3) is 11.0 Å². The fourth-order valence-corrected chi connectivity index (χ4v) is 1.92. The molecule has 1 aromatic carbocycles. The van der Waals surface area contributed by atoms with Crippen LogP contribution in [0.2, 0.25) is 0 Å². The quantitative estimate of drug-likeness (QED) is 0.468. The van der Waals surface area contributed by atoms with Crippen LogP contribution >= 0.6 is 0 Å². The van der Waals surface area contributed by atoms with Gasteiger partial charge in [0.15, 0.2) is 5.96 Å². The summed E-state index contributed by atoms with van der Waals surface area (Å²) in [5.41, 5.74) is 12.8. The Labute approximate surface area is 100 Å². The lowest BCUT2D eigenvalue weighted by Gasteiger charge is -2.05. The fraction of sp³-hybridized carbons (Fsp3) is 0.333. The molecule has 0 aliphatic rings. The summed E-state index contributed by atoms with van der Waals surface area (Å²) in [4.78, 5) is 8.48. The highest BCUT2D eigenvalue weighted by molar-refractivity contribution is 5.76. The molecule has 0 amide bonds. The number of para-hydroxylation sites is 2. The average molecular weight is 231 g/mol. The monoisotopic (exact) mass is 231 g/mol. The first kappa shape index (κ1) is 11.4. The molecule has 5 nitrogen and oxygen atoms in total. The molecule has 0 aliphatic carbocycles. The second kappa shape index (κ2) is 4.86. The maximum absolute atomic E-state index is 5.28. The standard InChI is InChI=1S/C12H17N5/c1-9-16-10-5-2-3-6-11(10)17(9)8-4-7-15-12(13)14/h2-3,5-6H,4,7-8H2,1H3,(H4,13,14,15). The molecule has 0 saturated heterocycles. The summed E-state index contributed by atoms with van der Waals surface area (Å²) in [5.74, 6) is 1.17. The van der Waals surface area contributed by atoms with Crippen molar-refractivity contribution < 1.29 is 0 Å². The van der Waals surface area contributed by atoms with E-state index in [1.807, 2.05) is 25.1 Å². The number of imidazole rings is 1. The second-order valence-corrected chi connectivity index (χ2v) is 3.96. The van der Waals surface area contributed by atoms with E-state index in [4.69, 9.17) is 11.5 Å². The number of hydrogen-bond donors (Lipinski definition) is 2. The largest absolute Gasteiger partial charge is 0.370 e. The predicted octanol–water partition coefficient (Wildman–Crippen LogP) is 1.01. The Morgan fingerprint density at radius 2 is 2.12 bits per heavy atom. The van der Waals surface area contributed by atoms with Crippen molar-refractivity contribution >= 4 is 17.0 Å². The highest BCUT2D eigenvalue weighted by Crippen LogP contribution is 2.15. The van der Waals surface area contributed by atoms with Gasteiger partial charge >= 0.3 is 0 Å². The second-order valence-electron chi connectivity index (χ2n) is 3.96. The van der Waals surface area contributed by atoms with Gasteiger partial charge in [0.25, 0.3) is 0 Å². The summed E-state index contributed by atoms with van der Waals surface area (Å²) in [6.45, 7) is 3.54. The van der Waals surface area contributed by atoms with E-state index in [-0.39, 0.29) is 5.96 Å². The van der Waals surface area contributed by atoms with E-state index in [0.717, 1.165) is 29.8 Å². The van der Waals surface area contributed by atoms with Gasteiger partial charge in [-0.05, 0) is 25.5 Å². The van der Waals surface area contributed by atoms with Crippen LogP contribution in [0.3, 0.4) is 0 Å². The lowest BCUT2D eigenvalue weighted by atomic mass is 10.3. The van der Waals surface area contributed by atoms with Crippen molar-refractivity contribution in [2.24, 2.45) is 16.5 Å². The first-order valence-electron chi connectivity index (χ1n) is 5.66. The lowest BCUT2D eigenvalue weighted by molar-refractivity contribution is 0.649. The van der Waals surface area contributed by atoms with Gasteiger partial charge in [-0.15, -0.1) is 0 Å². The maximum Gasteiger partial charge on any atom is 0.185 e. The highest BCUT2D eigenvalue weighted by Gasteiger charge is 2.05. The average Bonchev–Trinajstić information content (AvgIpc) is 2.60. The number of guanidine groups is 1. The molecule has 1 aromatic heterocycles. The van der Waals surface area contributed by atoms with Gasteiger partial charge in [0, 0.05) is 13.1 Å². The van der Waals surface area contributed by atoms with Crippen LogP contribution in [0.5, 0.6) is 0 Å². The minimum absolute atomic E-state index is 0.150. The minimum Gasteiger partial charge on any atom is -0.370 e. The molecular weight excluding hydrogens is 214 g/mol. The Balaban J connectivity index is 2.13. The molecule has 4 N–H and O–H groups in total. The Hall–Kier alpha value is -2.04. The third-order valence-electron chi connectivity index (χ3n) is 2.68. The van der Waals surface area contributed by atoms with Gasteiger partial charge in [-0.1, -0.05) is 12.1 Å². The van der Waals surface area contributed by atoms with Crippen molar-refractivity contribution in [2.45, 2.75) is 19.9 Å². The third kappa shape index (κ3) is 2.55. The summed E-state index contributed by atoms with van der Waals surface area (Å²) in [5, 5.41) is 0. The molecule has 0 radical (unpaired) electrons. The smallest absolute Gasteiger partial charge is 0.185 e. The number of rotatable bonds is 4. The molecule has 2 aromatic rings. The molecule has 1 heterocycles. The van der Waals surface area contributed by atoms with Gasteiger partial charge in [0.2, 0.25) is 0 Å². The molecule has 0 fully saturated rings. The topological polar surface area (TPSA) is 82.2 Å². The molecule has 0 saturated carbocycles. The summed E-state index contributed by atoms with van der Waals surface area (Å²) in [7, 11) is 0. The number of fused-ring (bicyclic) bond motifs is 1. The van der Waals surface area contributed by atoms with Crippen LogP contribution in [0.15, 0.2) is 29.3 Å². The first-order chi connectivity index (χ1) is 8.18. The Morgan fingerprint density at radius 3 is 2.88 bits per heavy atom. The number of benzene rings is 1. The Bertz CT molecular complexity index is 537. The highest BCUT2D eigenvalue weighted by atomic mass is 15.1. The van der Waals surface area contributed by atoms with Crippen molar-refractivity contribution in [3.05, 3.63) is 30.1 Å². The zero-order chi connectivity index (χ0) is 12.3. The van der Waals surface area contributed by atoms with E-state index >= 15 is 0 Å². The summed E-state index contributed by atoms with van der Waals surface area (Å²) < 4.78 is 2.19. The van der Waals surface area contributed by atoms with Gasteiger partial charge in [-0.2, -0.15) is 0 Å². The molecule has 0 atom stereocenters. The van der Waals surface area contributed by atoms with E-state index in [0.29, 0.717) is 6.54 Å². The Kier molecular flexibility index (Phi) is 3.27. The van der Waals surface area contributed by atoms with E-state index in [1.165, 1.54) is 0 Å². The Morgan fingerprint density at radius 1 is 1.35 bits per heavy atom. The van der Waals surface area contributed by atoms with E-state index in [2.05, 4.69) is 20.6 Å². The summed E-state index contributed by atoms with van der Waals surface area (Å²) in [6, 6.07) is 8.12. The van der Waals surface area contributed by atoms with Crippen LogP contribution in [0.1, 0.15) is 12.2 Å². The van der Waals surface area contributed by atoms with Crippen LogP contribution in [-0.4, -0.2) is 22.1 Å². The molecular formula is C12H17N5. The molecule has 0 aliphatic heterocycles. The van der Waals surface area contributed by atoms with Crippen molar-refractivity contribution in [1.29, 1.82) is 0 Å². The molecule has 0 bridgehead atoms. The number of aryl methyl sites for hydroxylation is 2. The normalized spacial score (nSPS) is 10.6. The van der Waals surface area contributed by atoms with E-state index in [1.54, 1.807) is 0 Å². The van der Waals surface area contributed by atoms with Gasteiger partial charge in [0.1, 0.15) is 5.82 Å². The fourth-order valence-electron chi connectivity index (χ4n) is 1.92. The molecule has 17 heavy (non-hydrogen) atoms. The number of aromatic nitrogens is 2. The van der Waals surface area contributed by atoms with Gasteiger partial charge in [-0.25, -0.2) is 4.98 Å². The lowest BCUT2D eigenvalue weighted by Crippen LogP contribution is -2.23. The van der Waals surface area contributed by atoms with Crippen molar-refractivity contribution in [3.63, 3.8) is 0 Å².